The molecule has 0 amide bonds. The van der Waals surface area contributed by atoms with Crippen LogP contribution < -0.4 is 11.1 Å². The quantitative estimate of drug-likeness (QED) is 0.723. The number of nitrogens with one attached hydrogen (secondary N) is 1. The van der Waals surface area contributed by atoms with E-state index in [1.165, 1.54) is 0 Å². The van der Waals surface area contributed by atoms with Crippen LogP contribution in [0, 0.1) is 11.8 Å². The van der Waals surface area contributed by atoms with Gasteiger partial charge < -0.3 is 16.2 Å². The smallest absolute Gasteiger partial charge is 0.391 e. The molecule has 3 nitrogen and oxygen atoms in total. The van der Waals surface area contributed by atoms with E-state index in [0.29, 0.717) is 19.4 Å². The average molecular weight is 282 g/mol. The number of aliphatic hydroxyl groups excluding tert-OH is 1. The molecule has 6 heteroatoms. The van der Waals surface area contributed by atoms with Crippen LogP contribution in [-0.4, -0.2) is 36.0 Å². The van der Waals surface area contributed by atoms with E-state index in [1.807, 2.05) is 13.8 Å². The topological polar surface area (TPSA) is 58.3 Å². The molecule has 0 saturated heterocycles. The molecule has 114 valence electrons. The lowest BCUT2D eigenvalue weighted by Gasteiger charge is -2.43. The maximum absolute atomic E-state index is 12.7. The number of nitrogens with two attached hydrogens (primary N) is 1. The minimum Gasteiger partial charge on any atom is -0.396 e. The normalized spacial score (nSPS) is 32.1. The van der Waals surface area contributed by atoms with Crippen LogP contribution in [0.2, 0.25) is 0 Å². The summed E-state index contributed by atoms with van der Waals surface area (Å²) < 4.78 is 38.0. The van der Waals surface area contributed by atoms with Gasteiger partial charge in [0.15, 0.2) is 0 Å². The van der Waals surface area contributed by atoms with Gasteiger partial charge in [-0.1, -0.05) is 6.92 Å². The summed E-state index contributed by atoms with van der Waals surface area (Å²) in [6, 6.07) is 0.0380. The van der Waals surface area contributed by atoms with E-state index in [4.69, 9.17) is 10.8 Å². The molecule has 1 aliphatic carbocycles. The van der Waals surface area contributed by atoms with Crippen molar-refractivity contribution >= 4 is 0 Å². The van der Waals surface area contributed by atoms with Gasteiger partial charge in [0, 0.05) is 24.7 Å². The molecule has 19 heavy (non-hydrogen) atoms. The predicted octanol–water partition coefficient (Wildman–Crippen LogP) is 2.04. The van der Waals surface area contributed by atoms with Gasteiger partial charge in [0.2, 0.25) is 0 Å². The van der Waals surface area contributed by atoms with Gasteiger partial charge in [-0.3, -0.25) is 0 Å². The lowest BCUT2D eigenvalue weighted by molar-refractivity contribution is -0.185. The van der Waals surface area contributed by atoms with Crippen molar-refractivity contribution < 1.29 is 18.3 Å². The maximum Gasteiger partial charge on any atom is 0.391 e. The third-order valence-corrected chi connectivity index (χ3v) is 4.47. The monoisotopic (exact) mass is 282 g/mol. The van der Waals surface area contributed by atoms with Gasteiger partial charge in [0.1, 0.15) is 0 Å². The molecule has 1 aliphatic rings. The molecule has 1 fully saturated rings. The zero-order valence-electron chi connectivity index (χ0n) is 11.6. The van der Waals surface area contributed by atoms with Crippen LogP contribution in [-0.2, 0) is 0 Å². The molecular formula is C13H25F3N2O. The molecule has 0 radical (unpaired) electrons. The molecule has 4 N–H and O–H groups in total. The molecule has 0 spiro atoms. The Hall–Kier alpha value is -0.330. The second kappa shape index (κ2) is 6.41. The summed E-state index contributed by atoms with van der Waals surface area (Å²) in [6.07, 6.45) is -2.95. The maximum atomic E-state index is 12.7. The fourth-order valence-electron chi connectivity index (χ4n) is 2.69. The lowest BCUT2D eigenvalue weighted by Crippen LogP contribution is -2.58. The first-order chi connectivity index (χ1) is 8.74. The molecule has 1 rings (SSSR count). The lowest BCUT2D eigenvalue weighted by atomic mass is 9.75. The largest absolute Gasteiger partial charge is 0.396 e. The highest BCUT2D eigenvalue weighted by Gasteiger charge is 2.45. The fourth-order valence-corrected chi connectivity index (χ4v) is 2.69. The number of halogens is 3. The van der Waals surface area contributed by atoms with Gasteiger partial charge in [0.05, 0.1) is 5.92 Å². The third kappa shape index (κ3) is 4.33. The van der Waals surface area contributed by atoms with Gasteiger partial charge in [0.25, 0.3) is 0 Å². The fraction of sp³-hybridized carbons (Fsp3) is 1.00. The summed E-state index contributed by atoms with van der Waals surface area (Å²) in [6.45, 7) is 4.23. The molecule has 0 heterocycles. The standard InChI is InChI=1S/C13H25F3N2O/c1-9(7-19)10(2)18-12(8-17)5-3-11(4-6-12)13(14,15)16/h9-11,18-19H,3-8,17H2,1-2H3. The van der Waals surface area contributed by atoms with E-state index >= 15 is 0 Å². The summed E-state index contributed by atoms with van der Waals surface area (Å²) in [5.74, 6) is -1.14. The zero-order chi connectivity index (χ0) is 14.7. The van der Waals surface area contributed by atoms with E-state index < -0.39 is 17.6 Å². The molecule has 2 unspecified atom stereocenters. The van der Waals surface area contributed by atoms with Crippen LogP contribution in [0.3, 0.4) is 0 Å². The Morgan fingerprint density at radius 3 is 2.21 bits per heavy atom. The first-order valence-corrected chi connectivity index (χ1v) is 6.89. The number of aliphatic hydroxyl groups is 1. The van der Waals surface area contributed by atoms with Gasteiger partial charge in [-0.2, -0.15) is 13.2 Å². The first-order valence-electron chi connectivity index (χ1n) is 6.89. The van der Waals surface area contributed by atoms with Crippen molar-refractivity contribution in [2.24, 2.45) is 17.6 Å². The van der Waals surface area contributed by atoms with E-state index in [2.05, 4.69) is 5.32 Å². The minimum absolute atomic E-state index is 0.0380. The Balaban J connectivity index is 2.60. The van der Waals surface area contributed by atoms with Gasteiger partial charge in [-0.25, -0.2) is 0 Å². The summed E-state index contributed by atoms with van der Waals surface area (Å²) >= 11 is 0. The van der Waals surface area contributed by atoms with Crippen LogP contribution in [0.1, 0.15) is 39.5 Å². The van der Waals surface area contributed by atoms with Crippen LogP contribution in [0.15, 0.2) is 0 Å². The molecular weight excluding hydrogens is 257 g/mol. The first kappa shape index (κ1) is 16.7. The van der Waals surface area contributed by atoms with Crippen LogP contribution in [0.5, 0.6) is 0 Å². The van der Waals surface area contributed by atoms with Crippen molar-refractivity contribution in [1.82, 2.24) is 5.32 Å². The van der Waals surface area contributed by atoms with Crippen molar-refractivity contribution in [2.75, 3.05) is 13.2 Å². The van der Waals surface area contributed by atoms with Gasteiger partial charge in [-0.15, -0.1) is 0 Å². The Labute approximate surface area is 112 Å². The van der Waals surface area contributed by atoms with Crippen molar-refractivity contribution in [3.8, 4) is 0 Å². The molecule has 0 aromatic carbocycles. The Bertz CT molecular complexity index is 276. The van der Waals surface area contributed by atoms with Gasteiger partial charge in [-0.05, 0) is 38.5 Å². The Morgan fingerprint density at radius 2 is 1.84 bits per heavy atom. The van der Waals surface area contributed by atoms with E-state index in [1.54, 1.807) is 0 Å². The van der Waals surface area contributed by atoms with E-state index in [0.717, 1.165) is 0 Å². The minimum atomic E-state index is -4.09. The number of hydrogen-bond donors (Lipinski definition) is 3. The SMILES string of the molecule is CC(CO)C(C)NC1(CN)CCC(C(F)(F)F)CC1. The predicted molar refractivity (Wildman–Crippen MR) is 68.6 cm³/mol. The van der Waals surface area contributed by atoms with E-state index in [9.17, 15) is 13.2 Å². The van der Waals surface area contributed by atoms with Gasteiger partial charge >= 0.3 is 6.18 Å². The third-order valence-electron chi connectivity index (χ3n) is 4.47. The highest BCUT2D eigenvalue weighted by Crippen LogP contribution is 2.41. The van der Waals surface area contributed by atoms with Crippen LogP contribution in [0.4, 0.5) is 13.2 Å². The molecule has 0 aromatic heterocycles. The van der Waals surface area contributed by atoms with Crippen LogP contribution >= 0.6 is 0 Å². The average Bonchev–Trinajstić information content (AvgIpc) is 2.37. The van der Waals surface area contributed by atoms with Crippen molar-refractivity contribution in [1.29, 1.82) is 0 Å². The summed E-state index contributed by atoms with van der Waals surface area (Å²) in [7, 11) is 0. The highest BCUT2D eigenvalue weighted by molar-refractivity contribution is 4.97. The molecule has 0 aromatic rings. The highest BCUT2D eigenvalue weighted by atomic mass is 19.4. The summed E-state index contributed by atoms with van der Waals surface area (Å²) in [5.41, 5.74) is 5.36. The Morgan fingerprint density at radius 1 is 1.32 bits per heavy atom. The summed E-state index contributed by atoms with van der Waals surface area (Å²) in [5, 5.41) is 12.5. The molecule has 2 atom stereocenters. The Kier molecular flexibility index (Phi) is 5.65. The number of alkyl halides is 3. The number of hydrogen-bond acceptors (Lipinski definition) is 3. The second-order valence-electron chi connectivity index (χ2n) is 5.89. The molecule has 0 bridgehead atoms. The zero-order valence-corrected chi connectivity index (χ0v) is 11.6. The number of rotatable bonds is 5. The van der Waals surface area contributed by atoms with Crippen molar-refractivity contribution in [3.63, 3.8) is 0 Å². The molecule has 0 aliphatic heterocycles. The van der Waals surface area contributed by atoms with E-state index in [-0.39, 0.29) is 31.4 Å². The summed E-state index contributed by atoms with van der Waals surface area (Å²) in [4.78, 5) is 0. The van der Waals surface area contributed by atoms with Crippen LogP contribution in [0.25, 0.3) is 0 Å². The van der Waals surface area contributed by atoms with Crippen molar-refractivity contribution in [2.45, 2.75) is 57.3 Å². The second-order valence-corrected chi connectivity index (χ2v) is 5.89. The molecule has 1 saturated carbocycles. The van der Waals surface area contributed by atoms with Crippen molar-refractivity contribution in [3.05, 3.63) is 0 Å².